The van der Waals surface area contributed by atoms with Gasteiger partial charge in [0.05, 0.1) is 0 Å². The van der Waals surface area contributed by atoms with Crippen molar-refractivity contribution < 1.29 is 14.4 Å². The van der Waals surface area contributed by atoms with E-state index in [0.29, 0.717) is 19.6 Å². The van der Waals surface area contributed by atoms with Gasteiger partial charge in [-0.15, -0.1) is 0 Å². The van der Waals surface area contributed by atoms with E-state index >= 15 is 0 Å². The summed E-state index contributed by atoms with van der Waals surface area (Å²) in [6.07, 6.45) is 1.05. The van der Waals surface area contributed by atoms with Crippen molar-refractivity contribution >= 4 is 18.1 Å². The largest absolute Gasteiger partial charge is 0.333 e. The number of hydrogen-bond acceptors (Lipinski definition) is 3. The highest BCUT2D eigenvalue weighted by Gasteiger charge is 2.35. The molecular weight excluding hydrogens is 196 g/mol. The third kappa shape index (κ3) is 2.34. The molecule has 0 saturated carbocycles. The van der Waals surface area contributed by atoms with E-state index in [1.165, 1.54) is 9.80 Å². The highest BCUT2D eigenvalue weighted by Crippen LogP contribution is 2.11. The van der Waals surface area contributed by atoms with Crippen LogP contribution < -0.4 is 0 Å². The van der Waals surface area contributed by atoms with E-state index in [9.17, 15) is 14.4 Å². The first-order valence-corrected chi connectivity index (χ1v) is 5.15. The molecule has 5 nitrogen and oxygen atoms in total. The first-order valence-electron chi connectivity index (χ1n) is 5.15. The summed E-state index contributed by atoms with van der Waals surface area (Å²) in [4.78, 5) is 36.4. The molecule has 1 aliphatic rings. The van der Waals surface area contributed by atoms with Crippen LogP contribution in [0.3, 0.4) is 0 Å². The lowest BCUT2D eigenvalue weighted by Gasteiger charge is -2.38. The van der Waals surface area contributed by atoms with Crippen LogP contribution in [0.1, 0.15) is 20.3 Å². The van der Waals surface area contributed by atoms with Gasteiger partial charge in [0.15, 0.2) is 0 Å². The molecule has 1 unspecified atom stereocenters. The zero-order chi connectivity index (χ0) is 11.4. The van der Waals surface area contributed by atoms with E-state index in [1.54, 1.807) is 0 Å². The summed E-state index contributed by atoms with van der Waals surface area (Å²) in [6, 6.07) is -0.00454. The van der Waals surface area contributed by atoms with Crippen LogP contribution in [0.15, 0.2) is 0 Å². The Labute approximate surface area is 89.0 Å². The normalized spacial score (nSPS) is 22.1. The van der Waals surface area contributed by atoms with Gasteiger partial charge in [-0.1, -0.05) is 0 Å². The fourth-order valence-corrected chi connectivity index (χ4v) is 1.75. The minimum atomic E-state index is -0.488. The van der Waals surface area contributed by atoms with E-state index in [2.05, 4.69) is 0 Å². The summed E-state index contributed by atoms with van der Waals surface area (Å²) >= 11 is 0. The second kappa shape index (κ2) is 4.91. The monoisotopic (exact) mass is 212 g/mol. The average molecular weight is 212 g/mol. The second-order valence-electron chi connectivity index (χ2n) is 3.65. The minimum absolute atomic E-state index is 0.00454. The van der Waals surface area contributed by atoms with Crippen molar-refractivity contribution in [3.8, 4) is 0 Å². The number of aldehydes is 1. The van der Waals surface area contributed by atoms with Gasteiger partial charge in [-0.3, -0.25) is 9.59 Å². The van der Waals surface area contributed by atoms with Crippen molar-refractivity contribution in [2.75, 3.05) is 19.6 Å². The van der Waals surface area contributed by atoms with Crippen LogP contribution >= 0.6 is 0 Å². The molecule has 5 heteroatoms. The lowest BCUT2D eigenvalue weighted by molar-refractivity contribution is -0.158. The SMILES string of the molecule is CCN1CC(C)N(CCC=O)C(=O)C1=O. The highest BCUT2D eigenvalue weighted by atomic mass is 16.2. The van der Waals surface area contributed by atoms with Crippen molar-refractivity contribution in [2.45, 2.75) is 26.3 Å². The maximum absolute atomic E-state index is 11.6. The van der Waals surface area contributed by atoms with Crippen molar-refractivity contribution in [1.82, 2.24) is 9.80 Å². The fourth-order valence-electron chi connectivity index (χ4n) is 1.75. The molecule has 0 spiro atoms. The number of hydrogen-bond donors (Lipinski definition) is 0. The van der Waals surface area contributed by atoms with Crippen molar-refractivity contribution in [1.29, 1.82) is 0 Å². The molecule has 1 fully saturated rings. The molecule has 1 rings (SSSR count). The van der Waals surface area contributed by atoms with Crippen LogP contribution in [0, 0.1) is 0 Å². The molecule has 0 bridgehead atoms. The molecule has 84 valence electrons. The van der Waals surface area contributed by atoms with Crippen LogP contribution in [-0.2, 0) is 14.4 Å². The average Bonchev–Trinajstić information content (AvgIpc) is 2.23. The number of amides is 2. The van der Waals surface area contributed by atoms with Gasteiger partial charge in [-0.25, -0.2) is 0 Å². The molecule has 1 atom stereocenters. The molecule has 1 saturated heterocycles. The number of rotatable bonds is 4. The lowest BCUT2D eigenvalue weighted by atomic mass is 10.1. The van der Waals surface area contributed by atoms with Crippen LogP contribution in [0.4, 0.5) is 0 Å². The number of piperazine rings is 1. The van der Waals surface area contributed by atoms with Crippen LogP contribution in [0.5, 0.6) is 0 Å². The maximum Gasteiger partial charge on any atom is 0.312 e. The molecule has 0 aromatic heterocycles. The maximum atomic E-state index is 11.6. The molecule has 1 aliphatic heterocycles. The van der Waals surface area contributed by atoms with Gasteiger partial charge >= 0.3 is 11.8 Å². The van der Waals surface area contributed by atoms with Gasteiger partial charge < -0.3 is 14.6 Å². The second-order valence-corrected chi connectivity index (χ2v) is 3.65. The van der Waals surface area contributed by atoms with Crippen LogP contribution in [0.2, 0.25) is 0 Å². The number of carbonyl (C=O) groups excluding carboxylic acids is 3. The number of likely N-dealkylation sites (N-methyl/N-ethyl adjacent to an activating group) is 1. The summed E-state index contributed by atoms with van der Waals surface area (Å²) in [5, 5.41) is 0. The van der Waals surface area contributed by atoms with Gasteiger partial charge in [0, 0.05) is 32.1 Å². The van der Waals surface area contributed by atoms with Gasteiger partial charge in [-0.2, -0.15) is 0 Å². The Morgan fingerprint density at radius 2 is 2.07 bits per heavy atom. The van der Waals surface area contributed by atoms with E-state index in [-0.39, 0.29) is 12.5 Å². The molecule has 1 heterocycles. The first kappa shape index (κ1) is 11.7. The van der Waals surface area contributed by atoms with Crippen LogP contribution in [0.25, 0.3) is 0 Å². The molecule has 0 N–H and O–H groups in total. The minimum Gasteiger partial charge on any atom is -0.333 e. The zero-order valence-corrected chi connectivity index (χ0v) is 9.10. The summed E-state index contributed by atoms with van der Waals surface area (Å²) in [7, 11) is 0. The topological polar surface area (TPSA) is 57.7 Å². The van der Waals surface area contributed by atoms with Crippen molar-refractivity contribution in [3.05, 3.63) is 0 Å². The van der Waals surface area contributed by atoms with Crippen molar-refractivity contribution in [2.24, 2.45) is 0 Å². The predicted molar refractivity (Wildman–Crippen MR) is 54.1 cm³/mol. The van der Waals surface area contributed by atoms with Gasteiger partial charge in [0.2, 0.25) is 0 Å². The summed E-state index contributed by atoms with van der Waals surface area (Å²) in [6.45, 7) is 5.18. The Bertz CT molecular complexity index is 278. The Morgan fingerprint density at radius 1 is 1.40 bits per heavy atom. The smallest absolute Gasteiger partial charge is 0.312 e. The molecule has 15 heavy (non-hydrogen) atoms. The van der Waals surface area contributed by atoms with Crippen LogP contribution in [-0.4, -0.2) is 53.6 Å². The molecular formula is C10H16N2O3. The fraction of sp³-hybridized carbons (Fsp3) is 0.700. The van der Waals surface area contributed by atoms with E-state index in [1.807, 2.05) is 13.8 Å². The Kier molecular flexibility index (Phi) is 3.82. The molecule has 2 amide bonds. The van der Waals surface area contributed by atoms with Gasteiger partial charge in [0.1, 0.15) is 6.29 Å². The summed E-state index contributed by atoms with van der Waals surface area (Å²) < 4.78 is 0. The first-order chi connectivity index (χ1) is 7.11. The third-order valence-electron chi connectivity index (χ3n) is 2.62. The standard InChI is InChI=1S/C10H16N2O3/c1-3-11-7-8(2)12(5-4-6-13)10(15)9(11)14/h6,8H,3-5,7H2,1-2H3. The number of nitrogens with zero attached hydrogens (tertiary/aromatic N) is 2. The van der Waals surface area contributed by atoms with E-state index < -0.39 is 11.8 Å². The quantitative estimate of drug-likeness (QED) is 0.473. The number of carbonyl (C=O) groups is 3. The summed E-state index contributed by atoms with van der Waals surface area (Å²) in [5.41, 5.74) is 0. The van der Waals surface area contributed by atoms with E-state index in [4.69, 9.17) is 0 Å². The molecule has 0 aromatic rings. The van der Waals surface area contributed by atoms with Gasteiger partial charge in [0.25, 0.3) is 0 Å². The Morgan fingerprint density at radius 3 is 2.60 bits per heavy atom. The predicted octanol–water partition coefficient (Wildman–Crippen LogP) is -0.345. The lowest BCUT2D eigenvalue weighted by Crippen LogP contribution is -2.58. The molecule has 0 radical (unpaired) electrons. The third-order valence-corrected chi connectivity index (χ3v) is 2.62. The van der Waals surface area contributed by atoms with E-state index in [0.717, 1.165) is 6.29 Å². The zero-order valence-electron chi connectivity index (χ0n) is 9.10. The molecule has 0 aromatic carbocycles. The molecule has 0 aliphatic carbocycles. The Balaban J connectivity index is 2.70. The van der Waals surface area contributed by atoms with Gasteiger partial charge in [-0.05, 0) is 13.8 Å². The van der Waals surface area contributed by atoms with Crippen molar-refractivity contribution in [3.63, 3.8) is 0 Å². The summed E-state index contributed by atoms with van der Waals surface area (Å²) in [5.74, 6) is -0.945. The Hall–Kier alpha value is -1.39. The highest BCUT2D eigenvalue weighted by molar-refractivity contribution is 6.35.